The molecule has 0 aliphatic carbocycles. The highest BCUT2D eigenvalue weighted by molar-refractivity contribution is 7.89. The van der Waals surface area contributed by atoms with Crippen LogP contribution in [0.15, 0.2) is 17.0 Å². The van der Waals surface area contributed by atoms with E-state index in [1.807, 2.05) is 0 Å². The predicted molar refractivity (Wildman–Crippen MR) is 63.3 cm³/mol. The first kappa shape index (κ1) is 13.5. The van der Waals surface area contributed by atoms with E-state index in [1.165, 1.54) is 13.2 Å². The number of methoxy groups -OCH3 is 1. The van der Waals surface area contributed by atoms with Crippen molar-refractivity contribution in [2.45, 2.75) is 18.7 Å². The molecule has 0 aliphatic heterocycles. The third kappa shape index (κ3) is 2.96. The van der Waals surface area contributed by atoms with E-state index in [1.54, 1.807) is 26.0 Å². The van der Waals surface area contributed by atoms with Crippen LogP contribution in [-0.4, -0.2) is 22.1 Å². The second-order valence-electron chi connectivity index (χ2n) is 3.57. The fourth-order valence-corrected chi connectivity index (χ4v) is 2.70. The topological polar surface area (TPSA) is 79.2 Å². The number of nitrogens with one attached hydrogen (secondary N) is 1. The van der Waals surface area contributed by atoms with E-state index < -0.39 is 10.0 Å². The van der Waals surface area contributed by atoms with Crippen molar-refractivity contribution < 1.29 is 13.2 Å². The van der Waals surface area contributed by atoms with Gasteiger partial charge in [-0.05, 0) is 37.1 Å². The van der Waals surface area contributed by atoms with Crippen molar-refractivity contribution in [1.82, 2.24) is 4.72 Å². The standard InChI is InChI=1S/C11H14N2O3S/c1-8-7-11(9(2)6-10(8)16-3)17(14,15)13-5-4-12/h6-7,13H,5H2,1-3H3. The highest BCUT2D eigenvalue weighted by Gasteiger charge is 2.17. The van der Waals surface area contributed by atoms with Crippen LogP contribution in [0.25, 0.3) is 0 Å². The zero-order valence-electron chi connectivity index (χ0n) is 9.94. The van der Waals surface area contributed by atoms with Crippen LogP contribution in [0.3, 0.4) is 0 Å². The lowest BCUT2D eigenvalue weighted by atomic mass is 10.1. The molecule has 5 nitrogen and oxygen atoms in total. The molecule has 17 heavy (non-hydrogen) atoms. The molecule has 0 amide bonds. The lowest BCUT2D eigenvalue weighted by molar-refractivity contribution is 0.411. The summed E-state index contributed by atoms with van der Waals surface area (Å²) in [5.74, 6) is 0.640. The number of sulfonamides is 1. The van der Waals surface area contributed by atoms with Crippen LogP contribution in [0.4, 0.5) is 0 Å². The van der Waals surface area contributed by atoms with Crippen molar-refractivity contribution in [3.63, 3.8) is 0 Å². The molecule has 1 aromatic rings. The van der Waals surface area contributed by atoms with Gasteiger partial charge in [-0.25, -0.2) is 8.42 Å². The molecule has 0 aliphatic rings. The maximum absolute atomic E-state index is 11.9. The Morgan fingerprint density at radius 2 is 2.00 bits per heavy atom. The van der Waals surface area contributed by atoms with Gasteiger partial charge in [0.15, 0.2) is 0 Å². The molecule has 1 N–H and O–H groups in total. The summed E-state index contributed by atoms with van der Waals surface area (Å²) in [6.45, 7) is 3.21. The van der Waals surface area contributed by atoms with E-state index in [9.17, 15) is 8.42 Å². The Bertz CT molecular complexity index is 559. The Kier molecular flexibility index (Phi) is 4.10. The molecule has 0 heterocycles. The number of nitrogens with zero attached hydrogens (tertiary/aromatic N) is 1. The van der Waals surface area contributed by atoms with Gasteiger partial charge in [0.05, 0.1) is 24.6 Å². The molecule has 1 rings (SSSR count). The molecule has 0 bridgehead atoms. The molecule has 0 atom stereocenters. The quantitative estimate of drug-likeness (QED) is 0.816. The number of ether oxygens (including phenoxy) is 1. The molecule has 0 spiro atoms. The highest BCUT2D eigenvalue weighted by atomic mass is 32.2. The second-order valence-corrected chi connectivity index (χ2v) is 5.31. The van der Waals surface area contributed by atoms with Gasteiger partial charge >= 0.3 is 0 Å². The predicted octanol–water partition coefficient (Wildman–Crippen LogP) is 1.11. The van der Waals surface area contributed by atoms with E-state index in [2.05, 4.69) is 4.72 Å². The van der Waals surface area contributed by atoms with Gasteiger partial charge in [-0.15, -0.1) is 0 Å². The van der Waals surface area contributed by atoms with Gasteiger partial charge in [-0.2, -0.15) is 9.98 Å². The minimum atomic E-state index is -3.63. The first-order valence-electron chi connectivity index (χ1n) is 4.94. The Hall–Kier alpha value is -1.58. The average molecular weight is 254 g/mol. The van der Waals surface area contributed by atoms with Crippen LogP contribution in [0.5, 0.6) is 5.75 Å². The maximum Gasteiger partial charge on any atom is 0.241 e. The Morgan fingerprint density at radius 1 is 1.35 bits per heavy atom. The molecule has 0 radical (unpaired) electrons. The van der Waals surface area contributed by atoms with E-state index in [0.717, 1.165) is 5.56 Å². The molecular formula is C11H14N2O3S. The Balaban J connectivity index is 3.25. The summed E-state index contributed by atoms with van der Waals surface area (Å²) in [7, 11) is -2.10. The number of nitriles is 1. The molecule has 6 heteroatoms. The molecule has 0 saturated heterocycles. The van der Waals surface area contributed by atoms with E-state index in [4.69, 9.17) is 10.00 Å². The van der Waals surface area contributed by atoms with Crippen molar-refractivity contribution in [3.05, 3.63) is 23.3 Å². The third-order valence-electron chi connectivity index (χ3n) is 2.32. The summed E-state index contributed by atoms with van der Waals surface area (Å²) in [5, 5.41) is 8.39. The van der Waals surface area contributed by atoms with E-state index >= 15 is 0 Å². The van der Waals surface area contributed by atoms with Gasteiger partial charge in [0.1, 0.15) is 5.75 Å². The van der Waals surface area contributed by atoms with Gasteiger partial charge in [0.2, 0.25) is 10.0 Å². The van der Waals surface area contributed by atoms with Crippen LogP contribution in [-0.2, 0) is 10.0 Å². The maximum atomic E-state index is 11.9. The monoisotopic (exact) mass is 254 g/mol. The number of hydrogen-bond acceptors (Lipinski definition) is 4. The third-order valence-corrected chi connectivity index (χ3v) is 3.87. The van der Waals surface area contributed by atoms with Gasteiger partial charge in [-0.3, -0.25) is 0 Å². The number of benzene rings is 1. The molecule has 0 fully saturated rings. The summed E-state index contributed by atoms with van der Waals surface area (Å²) in [6.07, 6.45) is 0. The highest BCUT2D eigenvalue weighted by Crippen LogP contribution is 2.25. The van der Waals surface area contributed by atoms with Crippen molar-refractivity contribution >= 4 is 10.0 Å². The lowest BCUT2D eigenvalue weighted by Crippen LogP contribution is -2.24. The van der Waals surface area contributed by atoms with Crippen LogP contribution in [0, 0.1) is 25.2 Å². The summed E-state index contributed by atoms with van der Waals surface area (Å²) in [4.78, 5) is 0.172. The number of rotatable bonds is 4. The molecule has 0 saturated carbocycles. The fraction of sp³-hybridized carbons (Fsp3) is 0.364. The van der Waals surface area contributed by atoms with Crippen molar-refractivity contribution in [1.29, 1.82) is 5.26 Å². The average Bonchev–Trinajstić information content (AvgIpc) is 2.28. The van der Waals surface area contributed by atoms with Gasteiger partial charge in [0.25, 0.3) is 0 Å². The van der Waals surface area contributed by atoms with Crippen molar-refractivity contribution in [3.8, 4) is 11.8 Å². The van der Waals surface area contributed by atoms with Crippen LogP contribution < -0.4 is 9.46 Å². The Labute approximate surface area is 101 Å². The van der Waals surface area contributed by atoms with E-state index in [0.29, 0.717) is 11.3 Å². The summed E-state index contributed by atoms with van der Waals surface area (Å²) in [5.41, 5.74) is 1.31. The van der Waals surface area contributed by atoms with Gasteiger partial charge < -0.3 is 4.74 Å². The number of hydrogen-bond donors (Lipinski definition) is 1. The van der Waals surface area contributed by atoms with Gasteiger partial charge in [0, 0.05) is 0 Å². The van der Waals surface area contributed by atoms with Crippen LogP contribution >= 0.6 is 0 Å². The van der Waals surface area contributed by atoms with Crippen LogP contribution in [0.2, 0.25) is 0 Å². The first-order chi connectivity index (χ1) is 7.92. The Morgan fingerprint density at radius 3 is 2.53 bits per heavy atom. The number of aryl methyl sites for hydroxylation is 2. The molecule has 1 aromatic carbocycles. The smallest absolute Gasteiger partial charge is 0.241 e. The molecule has 0 unspecified atom stereocenters. The van der Waals surface area contributed by atoms with Crippen molar-refractivity contribution in [2.75, 3.05) is 13.7 Å². The van der Waals surface area contributed by atoms with E-state index in [-0.39, 0.29) is 11.4 Å². The minimum absolute atomic E-state index is 0.172. The van der Waals surface area contributed by atoms with Crippen molar-refractivity contribution in [2.24, 2.45) is 0 Å². The molecule has 92 valence electrons. The fourth-order valence-electron chi connectivity index (χ4n) is 1.48. The zero-order valence-corrected chi connectivity index (χ0v) is 10.8. The SMILES string of the molecule is COc1cc(C)c(S(=O)(=O)NCC#N)cc1C. The normalized spacial score (nSPS) is 10.9. The van der Waals surface area contributed by atoms with Crippen LogP contribution in [0.1, 0.15) is 11.1 Å². The first-order valence-corrected chi connectivity index (χ1v) is 6.42. The lowest BCUT2D eigenvalue weighted by Gasteiger charge is -2.11. The summed E-state index contributed by atoms with van der Waals surface area (Å²) in [6, 6.07) is 4.93. The molecular weight excluding hydrogens is 240 g/mol. The largest absolute Gasteiger partial charge is 0.496 e. The van der Waals surface area contributed by atoms with Gasteiger partial charge in [-0.1, -0.05) is 0 Å². The summed E-state index contributed by atoms with van der Waals surface area (Å²) >= 11 is 0. The zero-order chi connectivity index (χ0) is 13.1. The molecule has 0 aromatic heterocycles. The second kappa shape index (κ2) is 5.17. The minimum Gasteiger partial charge on any atom is -0.496 e. The summed E-state index contributed by atoms with van der Waals surface area (Å²) < 4.78 is 31.0.